The second kappa shape index (κ2) is 6.28. The van der Waals surface area contributed by atoms with E-state index in [4.69, 9.17) is 0 Å². The lowest BCUT2D eigenvalue weighted by Gasteiger charge is -2.17. The Labute approximate surface area is 125 Å². The zero-order valence-electron chi connectivity index (χ0n) is 10.7. The molecule has 2 aromatic heterocycles. The smallest absolute Gasteiger partial charge is 0.109 e. The fraction of sp³-hybridized carbons (Fsp3) is 0.462. The monoisotopic (exact) mass is 344 g/mol. The van der Waals surface area contributed by atoms with Crippen LogP contribution >= 0.6 is 38.6 Å². The number of hydrogen-bond donors (Lipinski definition) is 1. The SMILES string of the molecule is CCc1cnc(C(C)NC(C)c2cc(Br)cs2)s1. The molecular formula is C13H17BrN2S2. The molecule has 0 saturated heterocycles. The summed E-state index contributed by atoms with van der Waals surface area (Å²) in [6.45, 7) is 6.54. The van der Waals surface area contributed by atoms with E-state index < -0.39 is 0 Å². The summed E-state index contributed by atoms with van der Waals surface area (Å²) in [5, 5.41) is 6.90. The van der Waals surface area contributed by atoms with Crippen LogP contribution in [0, 0.1) is 0 Å². The van der Waals surface area contributed by atoms with Gasteiger partial charge in [0.25, 0.3) is 0 Å². The second-order valence-corrected chi connectivity index (χ2v) is 7.30. The van der Waals surface area contributed by atoms with Crippen molar-refractivity contribution in [2.45, 2.75) is 39.3 Å². The van der Waals surface area contributed by atoms with E-state index in [-0.39, 0.29) is 0 Å². The lowest BCUT2D eigenvalue weighted by molar-refractivity contribution is 0.498. The Bertz CT molecular complexity index is 507. The van der Waals surface area contributed by atoms with Crippen LogP contribution in [0.2, 0.25) is 0 Å². The van der Waals surface area contributed by atoms with E-state index in [0.29, 0.717) is 12.1 Å². The van der Waals surface area contributed by atoms with Crippen molar-refractivity contribution >= 4 is 38.6 Å². The molecule has 0 fully saturated rings. The zero-order valence-corrected chi connectivity index (χ0v) is 14.0. The van der Waals surface area contributed by atoms with Crippen molar-refractivity contribution < 1.29 is 0 Å². The van der Waals surface area contributed by atoms with E-state index >= 15 is 0 Å². The molecule has 2 aromatic rings. The Hall–Kier alpha value is -0.230. The van der Waals surface area contributed by atoms with Crippen molar-refractivity contribution in [3.8, 4) is 0 Å². The largest absolute Gasteiger partial charge is 0.301 e. The van der Waals surface area contributed by atoms with Crippen molar-refractivity contribution in [3.05, 3.63) is 36.9 Å². The van der Waals surface area contributed by atoms with Gasteiger partial charge in [-0.25, -0.2) is 4.98 Å². The number of hydrogen-bond acceptors (Lipinski definition) is 4. The normalized spacial score (nSPS) is 14.7. The van der Waals surface area contributed by atoms with Crippen LogP contribution in [0.25, 0.3) is 0 Å². The number of thiophene rings is 1. The first kappa shape index (κ1) is 14.2. The summed E-state index contributed by atoms with van der Waals surface area (Å²) in [6, 6.07) is 2.82. The highest BCUT2D eigenvalue weighted by molar-refractivity contribution is 9.10. The molecule has 0 aromatic carbocycles. The van der Waals surface area contributed by atoms with E-state index in [1.54, 1.807) is 22.7 Å². The minimum Gasteiger partial charge on any atom is -0.301 e. The number of nitrogens with one attached hydrogen (secondary N) is 1. The third kappa shape index (κ3) is 3.41. The number of aromatic nitrogens is 1. The molecule has 2 nitrogen and oxygen atoms in total. The van der Waals surface area contributed by atoms with Crippen LogP contribution in [0.3, 0.4) is 0 Å². The van der Waals surface area contributed by atoms with E-state index in [1.165, 1.54) is 14.8 Å². The first-order valence-corrected chi connectivity index (χ1v) is 8.53. The Morgan fingerprint density at radius 1 is 1.39 bits per heavy atom. The number of thiazole rings is 1. The van der Waals surface area contributed by atoms with Gasteiger partial charge in [0.2, 0.25) is 0 Å². The molecule has 0 aliphatic carbocycles. The van der Waals surface area contributed by atoms with Crippen molar-refractivity contribution in [3.63, 3.8) is 0 Å². The topological polar surface area (TPSA) is 24.9 Å². The number of rotatable bonds is 5. The average Bonchev–Trinajstić information content (AvgIpc) is 2.97. The molecule has 2 atom stereocenters. The first-order chi connectivity index (χ1) is 8.60. The molecule has 0 spiro atoms. The highest BCUT2D eigenvalue weighted by atomic mass is 79.9. The molecule has 0 radical (unpaired) electrons. The fourth-order valence-electron chi connectivity index (χ4n) is 1.77. The molecule has 5 heteroatoms. The van der Waals surface area contributed by atoms with Crippen LogP contribution in [0.4, 0.5) is 0 Å². The quantitative estimate of drug-likeness (QED) is 0.830. The highest BCUT2D eigenvalue weighted by Gasteiger charge is 2.15. The Kier molecular flexibility index (Phi) is 4.95. The van der Waals surface area contributed by atoms with Crippen molar-refractivity contribution in [2.24, 2.45) is 0 Å². The molecular weight excluding hydrogens is 328 g/mol. The van der Waals surface area contributed by atoms with Gasteiger partial charge >= 0.3 is 0 Å². The summed E-state index contributed by atoms with van der Waals surface area (Å²) in [5.41, 5.74) is 0. The summed E-state index contributed by atoms with van der Waals surface area (Å²) in [7, 11) is 0. The molecule has 1 N–H and O–H groups in total. The number of halogens is 1. The maximum Gasteiger partial charge on any atom is 0.109 e. The molecule has 0 aliphatic heterocycles. The van der Waals surface area contributed by atoms with Crippen LogP contribution in [0.15, 0.2) is 22.1 Å². The third-order valence-electron chi connectivity index (χ3n) is 2.80. The Morgan fingerprint density at radius 3 is 2.72 bits per heavy atom. The van der Waals surface area contributed by atoms with Gasteiger partial charge in [0.1, 0.15) is 5.01 Å². The summed E-state index contributed by atoms with van der Waals surface area (Å²) in [5.74, 6) is 0. The van der Waals surface area contributed by atoms with Gasteiger partial charge in [0, 0.05) is 31.8 Å². The molecule has 0 amide bonds. The highest BCUT2D eigenvalue weighted by Crippen LogP contribution is 2.28. The average molecular weight is 345 g/mol. The van der Waals surface area contributed by atoms with Crippen LogP contribution in [-0.4, -0.2) is 4.98 Å². The van der Waals surface area contributed by atoms with Crippen LogP contribution in [0.5, 0.6) is 0 Å². The summed E-state index contributed by atoms with van der Waals surface area (Å²) in [6.07, 6.45) is 3.06. The van der Waals surface area contributed by atoms with Gasteiger partial charge in [-0.3, -0.25) is 0 Å². The maximum absolute atomic E-state index is 4.49. The zero-order chi connectivity index (χ0) is 13.1. The minimum absolute atomic E-state index is 0.297. The van der Waals surface area contributed by atoms with Crippen molar-refractivity contribution in [2.75, 3.05) is 0 Å². The van der Waals surface area contributed by atoms with Gasteiger partial charge in [-0.2, -0.15) is 0 Å². The van der Waals surface area contributed by atoms with E-state index in [9.17, 15) is 0 Å². The van der Waals surface area contributed by atoms with Crippen LogP contribution in [-0.2, 0) is 6.42 Å². The molecule has 2 heterocycles. The van der Waals surface area contributed by atoms with E-state index in [1.807, 2.05) is 6.20 Å². The molecule has 0 bridgehead atoms. The first-order valence-electron chi connectivity index (χ1n) is 6.04. The van der Waals surface area contributed by atoms with Gasteiger partial charge in [-0.15, -0.1) is 22.7 Å². The number of nitrogens with zero attached hydrogens (tertiary/aromatic N) is 1. The standard InChI is InChI=1S/C13H17BrN2S2/c1-4-11-6-15-13(18-11)9(3)16-8(2)12-5-10(14)7-17-12/h5-9,16H,4H2,1-3H3. The fourth-order valence-corrected chi connectivity index (χ4v) is 4.10. The summed E-state index contributed by atoms with van der Waals surface area (Å²) < 4.78 is 1.16. The Morgan fingerprint density at radius 2 is 2.17 bits per heavy atom. The molecule has 98 valence electrons. The van der Waals surface area contributed by atoms with Gasteiger partial charge in [0.15, 0.2) is 0 Å². The van der Waals surface area contributed by atoms with Crippen LogP contribution < -0.4 is 5.32 Å². The molecule has 0 saturated carbocycles. The van der Waals surface area contributed by atoms with E-state index in [2.05, 4.69) is 58.4 Å². The molecule has 2 rings (SSSR count). The molecule has 2 unspecified atom stereocenters. The second-order valence-electron chi connectivity index (χ2n) is 4.30. The lowest BCUT2D eigenvalue weighted by Crippen LogP contribution is -2.21. The van der Waals surface area contributed by atoms with Gasteiger partial charge < -0.3 is 5.32 Å². The maximum atomic E-state index is 4.49. The predicted octanol–water partition coefficient (Wildman–Crippen LogP) is 4.94. The van der Waals surface area contributed by atoms with Crippen molar-refractivity contribution in [1.82, 2.24) is 10.3 Å². The van der Waals surface area contributed by atoms with E-state index in [0.717, 1.165) is 10.9 Å². The minimum atomic E-state index is 0.297. The molecule has 18 heavy (non-hydrogen) atoms. The lowest BCUT2D eigenvalue weighted by atomic mass is 10.2. The molecule has 0 aliphatic rings. The van der Waals surface area contributed by atoms with Gasteiger partial charge in [-0.1, -0.05) is 6.92 Å². The van der Waals surface area contributed by atoms with Gasteiger partial charge in [-0.05, 0) is 42.3 Å². The predicted molar refractivity (Wildman–Crippen MR) is 83.5 cm³/mol. The summed E-state index contributed by atoms with van der Waals surface area (Å²) in [4.78, 5) is 7.19. The number of aryl methyl sites for hydroxylation is 1. The summed E-state index contributed by atoms with van der Waals surface area (Å²) >= 11 is 7.08. The Balaban J connectivity index is 2.00. The van der Waals surface area contributed by atoms with Crippen molar-refractivity contribution in [1.29, 1.82) is 0 Å². The van der Waals surface area contributed by atoms with Crippen LogP contribution in [0.1, 0.15) is 47.6 Å². The third-order valence-corrected chi connectivity index (χ3v) is 6.01. The van der Waals surface area contributed by atoms with Gasteiger partial charge in [0.05, 0.1) is 6.04 Å².